The molecule has 0 saturated carbocycles. The number of aryl methyl sites for hydroxylation is 1. The number of amides is 1. The molecule has 2 aromatic rings. The zero-order valence-corrected chi connectivity index (χ0v) is 8.85. The first kappa shape index (κ1) is 10.0. The summed E-state index contributed by atoms with van der Waals surface area (Å²) in [4.78, 5) is 14.4. The van der Waals surface area contributed by atoms with Crippen LogP contribution >= 0.6 is 11.6 Å². The highest BCUT2D eigenvalue weighted by Crippen LogP contribution is 2.24. The smallest absolute Gasteiger partial charge is 0.281 e. The molecular weight excluding hydrogens is 214 g/mol. The van der Waals surface area contributed by atoms with Crippen molar-refractivity contribution in [2.24, 2.45) is 5.84 Å². The van der Waals surface area contributed by atoms with Crippen molar-refractivity contribution in [3.8, 4) is 0 Å². The van der Waals surface area contributed by atoms with E-state index in [2.05, 4.69) is 10.4 Å². The van der Waals surface area contributed by atoms with Crippen LogP contribution in [0, 0.1) is 6.92 Å². The molecule has 4 N–H and O–H groups in total. The Labute approximate surface area is 91.4 Å². The summed E-state index contributed by atoms with van der Waals surface area (Å²) < 4.78 is 0. The largest absolute Gasteiger partial charge is 0.350 e. The fraction of sp³-hybridized carbons (Fsp3) is 0.100. The van der Waals surface area contributed by atoms with Crippen molar-refractivity contribution in [1.29, 1.82) is 0 Å². The Balaban J connectivity index is 2.69. The molecule has 1 heterocycles. The van der Waals surface area contributed by atoms with Crippen molar-refractivity contribution in [3.05, 3.63) is 34.5 Å². The Kier molecular flexibility index (Phi) is 2.38. The zero-order valence-electron chi connectivity index (χ0n) is 8.10. The number of nitrogen functional groups attached to an aromatic ring is 1. The maximum atomic E-state index is 11.4. The van der Waals surface area contributed by atoms with Gasteiger partial charge in [-0.1, -0.05) is 11.6 Å². The number of halogens is 1. The van der Waals surface area contributed by atoms with Gasteiger partial charge >= 0.3 is 0 Å². The summed E-state index contributed by atoms with van der Waals surface area (Å²) in [7, 11) is 0. The summed E-state index contributed by atoms with van der Waals surface area (Å²) >= 11 is 5.87. The van der Waals surface area contributed by atoms with E-state index >= 15 is 0 Å². The van der Waals surface area contributed by atoms with Gasteiger partial charge in [-0.15, -0.1) is 0 Å². The highest BCUT2D eigenvalue weighted by Gasteiger charge is 2.13. The van der Waals surface area contributed by atoms with Crippen LogP contribution in [0.5, 0.6) is 0 Å². The summed E-state index contributed by atoms with van der Waals surface area (Å²) in [6, 6.07) is 5.41. The van der Waals surface area contributed by atoms with Crippen LogP contribution < -0.4 is 11.3 Å². The molecule has 15 heavy (non-hydrogen) atoms. The van der Waals surface area contributed by atoms with Gasteiger partial charge in [0.15, 0.2) is 0 Å². The van der Waals surface area contributed by atoms with Crippen LogP contribution in [0.25, 0.3) is 10.9 Å². The van der Waals surface area contributed by atoms with Gasteiger partial charge in [0.1, 0.15) is 5.69 Å². The van der Waals surface area contributed by atoms with E-state index < -0.39 is 0 Å². The molecule has 0 atom stereocenters. The minimum atomic E-state index is -0.333. The van der Waals surface area contributed by atoms with E-state index in [1.54, 1.807) is 6.07 Å². The molecule has 4 nitrogen and oxygen atoms in total. The third kappa shape index (κ3) is 1.58. The van der Waals surface area contributed by atoms with E-state index in [0.29, 0.717) is 10.7 Å². The van der Waals surface area contributed by atoms with Gasteiger partial charge in [0.2, 0.25) is 0 Å². The van der Waals surface area contributed by atoms with E-state index in [4.69, 9.17) is 17.4 Å². The SMILES string of the molecule is Cc1c(C(=O)NN)[nH]c2ccc(Cl)cc12. The van der Waals surface area contributed by atoms with E-state index in [1.165, 1.54) is 0 Å². The summed E-state index contributed by atoms with van der Waals surface area (Å²) in [6.45, 7) is 1.85. The van der Waals surface area contributed by atoms with Gasteiger partial charge in [0.25, 0.3) is 5.91 Å². The molecule has 0 spiro atoms. The summed E-state index contributed by atoms with van der Waals surface area (Å²) in [5.41, 5.74) is 4.28. The standard InChI is InChI=1S/C10H10ClN3O/c1-5-7-4-6(11)2-3-8(7)13-9(5)10(15)14-12/h2-4,13H,12H2,1H3,(H,14,15). The first-order valence-corrected chi connectivity index (χ1v) is 4.80. The number of hydrazine groups is 1. The maximum Gasteiger partial charge on any atom is 0.281 e. The van der Waals surface area contributed by atoms with Crippen LogP contribution in [0.2, 0.25) is 5.02 Å². The van der Waals surface area contributed by atoms with Gasteiger partial charge in [0.05, 0.1) is 0 Å². The molecule has 0 radical (unpaired) electrons. The molecule has 1 aromatic heterocycles. The van der Waals surface area contributed by atoms with Crippen LogP contribution in [0.1, 0.15) is 16.1 Å². The second kappa shape index (κ2) is 3.56. The molecule has 78 valence electrons. The first-order chi connectivity index (χ1) is 7.13. The molecule has 0 aliphatic heterocycles. The highest BCUT2D eigenvalue weighted by atomic mass is 35.5. The fourth-order valence-corrected chi connectivity index (χ4v) is 1.77. The molecule has 0 fully saturated rings. The Morgan fingerprint density at radius 2 is 2.27 bits per heavy atom. The number of hydrogen-bond donors (Lipinski definition) is 3. The lowest BCUT2D eigenvalue weighted by Gasteiger charge is -1.96. The number of fused-ring (bicyclic) bond motifs is 1. The second-order valence-electron chi connectivity index (χ2n) is 3.29. The summed E-state index contributed by atoms with van der Waals surface area (Å²) in [6.07, 6.45) is 0. The average molecular weight is 224 g/mol. The zero-order chi connectivity index (χ0) is 11.0. The lowest BCUT2D eigenvalue weighted by molar-refractivity contribution is 0.0949. The lowest BCUT2D eigenvalue weighted by Crippen LogP contribution is -2.30. The Hall–Kier alpha value is -1.52. The van der Waals surface area contributed by atoms with E-state index in [1.807, 2.05) is 19.1 Å². The number of nitrogens with two attached hydrogens (primary N) is 1. The normalized spacial score (nSPS) is 10.6. The number of rotatable bonds is 1. The molecule has 0 aliphatic rings. The number of H-pyrrole nitrogens is 1. The van der Waals surface area contributed by atoms with Crippen molar-refractivity contribution in [1.82, 2.24) is 10.4 Å². The Morgan fingerprint density at radius 3 is 2.93 bits per heavy atom. The van der Waals surface area contributed by atoms with E-state index in [0.717, 1.165) is 16.5 Å². The topological polar surface area (TPSA) is 70.9 Å². The van der Waals surface area contributed by atoms with Gasteiger partial charge in [0, 0.05) is 15.9 Å². The predicted octanol–water partition coefficient (Wildman–Crippen LogP) is 1.73. The number of aromatic amines is 1. The monoisotopic (exact) mass is 223 g/mol. The molecule has 0 bridgehead atoms. The quantitative estimate of drug-likeness (QED) is 0.392. The van der Waals surface area contributed by atoms with E-state index in [9.17, 15) is 4.79 Å². The number of carbonyl (C=O) groups excluding carboxylic acids is 1. The molecule has 0 unspecified atom stereocenters. The van der Waals surface area contributed by atoms with Crippen molar-refractivity contribution >= 4 is 28.4 Å². The molecular formula is C10H10ClN3O. The number of benzene rings is 1. The van der Waals surface area contributed by atoms with Crippen molar-refractivity contribution < 1.29 is 4.79 Å². The minimum Gasteiger partial charge on any atom is -0.350 e. The van der Waals surface area contributed by atoms with Crippen LogP contribution in [-0.2, 0) is 0 Å². The molecule has 2 rings (SSSR count). The third-order valence-electron chi connectivity index (χ3n) is 2.38. The number of carbonyl (C=O) groups is 1. The number of aromatic nitrogens is 1. The predicted molar refractivity (Wildman–Crippen MR) is 59.7 cm³/mol. The van der Waals surface area contributed by atoms with Gasteiger partial charge in [-0.05, 0) is 30.7 Å². The summed E-state index contributed by atoms with van der Waals surface area (Å²) in [5, 5.41) is 1.57. The number of hydrogen-bond acceptors (Lipinski definition) is 2. The molecule has 1 aromatic carbocycles. The van der Waals surface area contributed by atoms with Gasteiger partial charge < -0.3 is 4.98 Å². The van der Waals surface area contributed by atoms with Crippen LogP contribution in [0.15, 0.2) is 18.2 Å². The maximum absolute atomic E-state index is 11.4. The second-order valence-corrected chi connectivity index (χ2v) is 3.72. The van der Waals surface area contributed by atoms with Gasteiger partial charge in [-0.3, -0.25) is 10.2 Å². The minimum absolute atomic E-state index is 0.333. The Morgan fingerprint density at radius 1 is 1.53 bits per heavy atom. The lowest BCUT2D eigenvalue weighted by atomic mass is 10.1. The van der Waals surface area contributed by atoms with Crippen LogP contribution in [0.4, 0.5) is 0 Å². The summed E-state index contributed by atoms with van der Waals surface area (Å²) in [5.74, 6) is 4.75. The van der Waals surface area contributed by atoms with Crippen LogP contribution in [0.3, 0.4) is 0 Å². The average Bonchev–Trinajstić information content (AvgIpc) is 2.55. The van der Waals surface area contributed by atoms with Crippen LogP contribution in [-0.4, -0.2) is 10.9 Å². The van der Waals surface area contributed by atoms with Crippen molar-refractivity contribution in [3.63, 3.8) is 0 Å². The Bertz CT molecular complexity index is 533. The fourth-order valence-electron chi connectivity index (χ4n) is 1.60. The molecule has 1 amide bonds. The third-order valence-corrected chi connectivity index (χ3v) is 2.61. The van der Waals surface area contributed by atoms with Crippen molar-refractivity contribution in [2.45, 2.75) is 6.92 Å². The van der Waals surface area contributed by atoms with Gasteiger partial charge in [-0.2, -0.15) is 0 Å². The highest BCUT2D eigenvalue weighted by molar-refractivity contribution is 6.31. The first-order valence-electron chi connectivity index (χ1n) is 4.42. The molecule has 5 heteroatoms. The molecule has 0 saturated heterocycles. The van der Waals surface area contributed by atoms with Gasteiger partial charge in [-0.25, -0.2) is 5.84 Å². The van der Waals surface area contributed by atoms with Crippen molar-refractivity contribution in [2.75, 3.05) is 0 Å². The van der Waals surface area contributed by atoms with E-state index in [-0.39, 0.29) is 5.91 Å². The number of nitrogens with one attached hydrogen (secondary N) is 2. The molecule has 0 aliphatic carbocycles.